The van der Waals surface area contributed by atoms with Gasteiger partial charge in [0.1, 0.15) is 24.1 Å². The van der Waals surface area contributed by atoms with Crippen LogP contribution in [-0.4, -0.2) is 36.3 Å². The lowest BCUT2D eigenvalue weighted by atomic mass is 10.2. The second-order valence-electron chi connectivity index (χ2n) is 3.39. The second-order valence-corrected chi connectivity index (χ2v) is 3.39. The summed E-state index contributed by atoms with van der Waals surface area (Å²) < 4.78 is 5.24. The molecular formula is C10H15N3O4. The maximum atomic E-state index is 10.7. The first-order valence-corrected chi connectivity index (χ1v) is 5.05. The molecule has 0 heterocycles. The van der Waals surface area contributed by atoms with Crippen molar-refractivity contribution in [3.63, 3.8) is 0 Å². The smallest absolute Gasteiger partial charge is 0.292 e. The summed E-state index contributed by atoms with van der Waals surface area (Å²) in [6.07, 6.45) is -0.747. The minimum absolute atomic E-state index is 0.0285. The molecule has 4 N–H and O–H groups in total. The fourth-order valence-corrected chi connectivity index (χ4v) is 1.22. The van der Waals surface area contributed by atoms with Gasteiger partial charge in [-0.05, 0) is 6.07 Å². The molecule has 0 aromatic heterocycles. The number of nitrogens with zero attached hydrogens (tertiary/aromatic N) is 1. The number of nitro groups is 1. The molecule has 1 aromatic rings. The van der Waals surface area contributed by atoms with Crippen molar-refractivity contribution >= 4 is 11.4 Å². The van der Waals surface area contributed by atoms with Gasteiger partial charge in [0.25, 0.3) is 5.69 Å². The third kappa shape index (κ3) is 3.58. The lowest BCUT2D eigenvalue weighted by molar-refractivity contribution is -0.384. The minimum atomic E-state index is -0.747. The van der Waals surface area contributed by atoms with Crippen LogP contribution in [0.3, 0.4) is 0 Å². The molecule has 0 saturated carbocycles. The van der Waals surface area contributed by atoms with Gasteiger partial charge in [-0.2, -0.15) is 0 Å². The van der Waals surface area contributed by atoms with E-state index in [9.17, 15) is 15.2 Å². The van der Waals surface area contributed by atoms with E-state index in [1.54, 1.807) is 7.05 Å². The van der Waals surface area contributed by atoms with Crippen LogP contribution in [-0.2, 0) is 0 Å². The molecule has 0 bridgehead atoms. The highest BCUT2D eigenvalue weighted by Crippen LogP contribution is 2.28. The summed E-state index contributed by atoms with van der Waals surface area (Å²) in [6.45, 7) is 0.156. The standard InChI is InChI=1S/C10H15N3O4/c1-12-9-4-8(17-6-7(14)5-11)2-3-10(9)13(15)16/h2-4,7,12,14H,5-6,11H2,1H3. The number of anilines is 1. The first kappa shape index (κ1) is 13.2. The number of aliphatic hydroxyl groups excluding tert-OH is 1. The molecule has 7 heteroatoms. The van der Waals surface area contributed by atoms with E-state index in [4.69, 9.17) is 10.5 Å². The van der Waals surface area contributed by atoms with Crippen LogP contribution in [0.15, 0.2) is 18.2 Å². The fourth-order valence-electron chi connectivity index (χ4n) is 1.22. The summed E-state index contributed by atoms with van der Waals surface area (Å²) in [5.74, 6) is 0.437. The quantitative estimate of drug-likeness (QED) is 0.489. The van der Waals surface area contributed by atoms with E-state index in [1.807, 2.05) is 0 Å². The third-order valence-electron chi connectivity index (χ3n) is 2.15. The van der Waals surface area contributed by atoms with E-state index in [-0.39, 0.29) is 18.8 Å². The Kier molecular flexibility index (Phi) is 4.68. The molecule has 94 valence electrons. The molecule has 0 radical (unpaired) electrons. The Bertz CT molecular complexity index is 397. The zero-order chi connectivity index (χ0) is 12.8. The average molecular weight is 241 g/mol. The lowest BCUT2D eigenvalue weighted by Crippen LogP contribution is -2.26. The number of nitrogens with one attached hydrogen (secondary N) is 1. The first-order valence-electron chi connectivity index (χ1n) is 5.05. The Balaban J connectivity index is 2.79. The molecule has 0 saturated heterocycles. The Morgan fingerprint density at radius 3 is 2.88 bits per heavy atom. The molecule has 0 aliphatic carbocycles. The molecule has 7 nitrogen and oxygen atoms in total. The van der Waals surface area contributed by atoms with Gasteiger partial charge in [0.15, 0.2) is 0 Å². The van der Waals surface area contributed by atoms with Crippen molar-refractivity contribution in [1.29, 1.82) is 0 Å². The summed E-state index contributed by atoms with van der Waals surface area (Å²) in [5.41, 5.74) is 5.55. The number of nitrogens with two attached hydrogens (primary N) is 1. The Hall–Kier alpha value is -1.86. The van der Waals surface area contributed by atoms with Gasteiger partial charge in [-0.3, -0.25) is 10.1 Å². The van der Waals surface area contributed by atoms with Gasteiger partial charge in [-0.15, -0.1) is 0 Å². The van der Waals surface area contributed by atoms with Gasteiger partial charge < -0.3 is 20.9 Å². The minimum Gasteiger partial charge on any atom is -0.491 e. The molecular weight excluding hydrogens is 226 g/mol. The Morgan fingerprint density at radius 2 is 2.35 bits per heavy atom. The second kappa shape index (κ2) is 6.02. The molecule has 0 spiro atoms. The molecule has 1 unspecified atom stereocenters. The van der Waals surface area contributed by atoms with Crippen molar-refractivity contribution in [1.82, 2.24) is 0 Å². The van der Waals surface area contributed by atoms with Gasteiger partial charge in [-0.25, -0.2) is 0 Å². The van der Waals surface area contributed by atoms with Crippen molar-refractivity contribution in [3.05, 3.63) is 28.3 Å². The predicted octanol–water partition coefficient (Wildman–Crippen LogP) is 0.335. The van der Waals surface area contributed by atoms with E-state index in [0.717, 1.165) is 0 Å². The van der Waals surface area contributed by atoms with Gasteiger partial charge in [0, 0.05) is 25.7 Å². The van der Waals surface area contributed by atoms with Crippen molar-refractivity contribution in [2.75, 3.05) is 25.5 Å². The van der Waals surface area contributed by atoms with Gasteiger partial charge >= 0.3 is 0 Å². The molecule has 1 rings (SSSR count). The number of benzene rings is 1. The van der Waals surface area contributed by atoms with Gasteiger partial charge in [-0.1, -0.05) is 0 Å². The zero-order valence-corrected chi connectivity index (χ0v) is 9.42. The lowest BCUT2D eigenvalue weighted by Gasteiger charge is -2.11. The molecule has 17 heavy (non-hydrogen) atoms. The number of ether oxygens (including phenoxy) is 1. The number of nitro benzene ring substituents is 1. The SMILES string of the molecule is CNc1cc(OCC(O)CN)ccc1[N+](=O)[O-]. The molecule has 0 aliphatic rings. The van der Waals surface area contributed by atoms with E-state index < -0.39 is 11.0 Å². The monoisotopic (exact) mass is 241 g/mol. The van der Waals surface area contributed by atoms with Crippen LogP contribution in [0.1, 0.15) is 0 Å². The normalized spacial score (nSPS) is 11.9. The van der Waals surface area contributed by atoms with Crippen molar-refractivity contribution in [2.24, 2.45) is 5.73 Å². The van der Waals surface area contributed by atoms with E-state index >= 15 is 0 Å². The van der Waals surface area contributed by atoms with Crippen LogP contribution in [0.4, 0.5) is 11.4 Å². The molecule has 0 amide bonds. The molecule has 0 fully saturated rings. The summed E-state index contributed by atoms with van der Waals surface area (Å²) in [4.78, 5) is 10.2. The highest BCUT2D eigenvalue weighted by Gasteiger charge is 2.13. The molecule has 1 atom stereocenters. The van der Waals surface area contributed by atoms with Gasteiger partial charge in [0.05, 0.1) is 4.92 Å². The van der Waals surface area contributed by atoms with Crippen LogP contribution < -0.4 is 15.8 Å². The van der Waals surface area contributed by atoms with Crippen molar-refractivity contribution < 1.29 is 14.8 Å². The summed E-state index contributed by atoms with van der Waals surface area (Å²) in [5, 5.41) is 22.6. The third-order valence-corrected chi connectivity index (χ3v) is 2.15. The zero-order valence-electron chi connectivity index (χ0n) is 9.42. The van der Waals surface area contributed by atoms with Crippen molar-refractivity contribution in [2.45, 2.75) is 6.10 Å². The topological polar surface area (TPSA) is 111 Å². The van der Waals surface area contributed by atoms with E-state index in [2.05, 4.69) is 5.32 Å². The summed E-state index contributed by atoms with van der Waals surface area (Å²) in [6, 6.07) is 4.32. The highest BCUT2D eigenvalue weighted by atomic mass is 16.6. The maximum Gasteiger partial charge on any atom is 0.292 e. The number of rotatable bonds is 6. The van der Waals surface area contributed by atoms with Gasteiger partial charge in [0.2, 0.25) is 0 Å². The Labute approximate surface area is 98.3 Å². The highest BCUT2D eigenvalue weighted by molar-refractivity contribution is 5.63. The van der Waals surface area contributed by atoms with Crippen molar-refractivity contribution in [3.8, 4) is 5.75 Å². The van der Waals surface area contributed by atoms with E-state index in [1.165, 1.54) is 18.2 Å². The van der Waals surface area contributed by atoms with Crippen LogP contribution >= 0.6 is 0 Å². The first-order chi connectivity index (χ1) is 8.08. The van der Waals surface area contributed by atoms with Crippen LogP contribution in [0.25, 0.3) is 0 Å². The maximum absolute atomic E-state index is 10.7. The molecule has 1 aromatic carbocycles. The molecule has 0 aliphatic heterocycles. The largest absolute Gasteiger partial charge is 0.491 e. The van der Waals surface area contributed by atoms with Crippen LogP contribution in [0.5, 0.6) is 5.75 Å². The van der Waals surface area contributed by atoms with Crippen LogP contribution in [0.2, 0.25) is 0 Å². The van der Waals surface area contributed by atoms with Crippen LogP contribution in [0, 0.1) is 10.1 Å². The number of hydrogen-bond donors (Lipinski definition) is 3. The Morgan fingerprint density at radius 1 is 1.65 bits per heavy atom. The fraction of sp³-hybridized carbons (Fsp3) is 0.400. The van der Waals surface area contributed by atoms with E-state index in [0.29, 0.717) is 11.4 Å². The number of aliphatic hydroxyl groups is 1. The predicted molar refractivity (Wildman–Crippen MR) is 63.2 cm³/mol. The average Bonchev–Trinajstić information content (AvgIpc) is 2.35. The number of hydrogen-bond acceptors (Lipinski definition) is 6. The summed E-state index contributed by atoms with van der Waals surface area (Å²) >= 11 is 0. The summed E-state index contributed by atoms with van der Waals surface area (Å²) in [7, 11) is 1.58.